The number of thioether (sulfide) groups is 1. The molecule has 2 rings (SSSR count). The first kappa shape index (κ1) is 19.8. The van der Waals surface area contributed by atoms with Crippen molar-refractivity contribution in [3.8, 4) is 0 Å². The fourth-order valence-electron chi connectivity index (χ4n) is 2.36. The number of fused-ring (bicyclic) bond motifs is 1. The van der Waals surface area contributed by atoms with E-state index in [1.165, 1.54) is 11.8 Å². The Kier molecular flexibility index (Phi) is 7.28. The topological polar surface area (TPSA) is 73.2 Å². The number of benzene rings is 1. The van der Waals surface area contributed by atoms with Crippen LogP contribution in [0, 0.1) is 0 Å². The van der Waals surface area contributed by atoms with Crippen molar-refractivity contribution in [3.63, 3.8) is 0 Å². The lowest BCUT2D eigenvalue weighted by Gasteiger charge is -2.16. The summed E-state index contributed by atoms with van der Waals surface area (Å²) in [5.41, 5.74) is 0.398. The molecule has 1 N–H and O–H groups in total. The zero-order valence-electron chi connectivity index (χ0n) is 14.5. The standard InChI is InChI=1S/C17H22ClN3O3S/c1-4-19-15(22)11(2)25-17-20-14-10-12(18)6-7-13(14)16(23)21(17)8-5-9-24-3/h6-7,10-11H,4-5,8-9H2,1-3H3,(H,19,22)/t11-/m0/s1. The van der Waals surface area contributed by atoms with Crippen LogP contribution in [0.25, 0.3) is 10.9 Å². The highest BCUT2D eigenvalue weighted by Gasteiger charge is 2.19. The van der Waals surface area contributed by atoms with Gasteiger partial charge >= 0.3 is 0 Å². The number of carbonyl (C=O) groups excluding carboxylic acids is 1. The molecule has 25 heavy (non-hydrogen) atoms. The molecular formula is C17H22ClN3O3S. The van der Waals surface area contributed by atoms with Gasteiger partial charge in [-0.25, -0.2) is 4.98 Å². The highest BCUT2D eigenvalue weighted by Crippen LogP contribution is 2.24. The van der Waals surface area contributed by atoms with Gasteiger partial charge in [-0.2, -0.15) is 0 Å². The lowest BCUT2D eigenvalue weighted by molar-refractivity contribution is -0.120. The van der Waals surface area contributed by atoms with Crippen molar-refractivity contribution in [3.05, 3.63) is 33.6 Å². The van der Waals surface area contributed by atoms with Crippen molar-refractivity contribution in [2.75, 3.05) is 20.3 Å². The molecule has 6 nitrogen and oxygen atoms in total. The number of ether oxygens (including phenoxy) is 1. The van der Waals surface area contributed by atoms with E-state index >= 15 is 0 Å². The first-order chi connectivity index (χ1) is 12.0. The van der Waals surface area contributed by atoms with Crippen LogP contribution in [0.5, 0.6) is 0 Å². The van der Waals surface area contributed by atoms with Crippen molar-refractivity contribution in [2.45, 2.75) is 37.2 Å². The minimum Gasteiger partial charge on any atom is -0.385 e. The van der Waals surface area contributed by atoms with Crippen LogP contribution >= 0.6 is 23.4 Å². The van der Waals surface area contributed by atoms with Crippen LogP contribution in [0.2, 0.25) is 5.02 Å². The second-order valence-electron chi connectivity index (χ2n) is 5.51. The van der Waals surface area contributed by atoms with E-state index in [-0.39, 0.29) is 16.7 Å². The van der Waals surface area contributed by atoms with Crippen LogP contribution in [-0.4, -0.2) is 41.0 Å². The zero-order valence-corrected chi connectivity index (χ0v) is 16.1. The molecular weight excluding hydrogens is 362 g/mol. The third-order valence-electron chi connectivity index (χ3n) is 3.61. The van der Waals surface area contributed by atoms with Gasteiger partial charge in [0.15, 0.2) is 5.16 Å². The van der Waals surface area contributed by atoms with E-state index in [1.807, 2.05) is 6.92 Å². The summed E-state index contributed by atoms with van der Waals surface area (Å²) in [5, 5.41) is 3.96. The average molecular weight is 384 g/mol. The first-order valence-corrected chi connectivity index (χ1v) is 9.37. The predicted octanol–water partition coefficient (Wildman–Crippen LogP) is 2.70. The minimum atomic E-state index is -0.364. The van der Waals surface area contributed by atoms with Gasteiger partial charge in [0.25, 0.3) is 5.56 Å². The molecule has 1 aromatic carbocycles. The van der Waals surface area contributed by atoms with Crippen LogP contribution in [0.3, 0.4) is 0 Å². The first-order valence-electron chi connectivity index (χ1n) is 8.11. The van der Waals surface area contributed by atoms with Gasteiger partial charge in [-0.05, 0) is 38.5 Å². The number of methoxy groups -OCH3 is 1. The number of nitrogens with zero attached hydrogens (tertiary/aromatic N) is 2. The van der Waals surface area contributed by atoms with Gasteiger partial charge < -0.3 is 10.1 Å². The maximum absolute atomic E-state index is 12.9. The fraction of sp³-hybridized carbons (Fsp3) is 0.471. The van der Waals surface area contributed by atoms with E-state index in [0.717, 1.165) is 0 Å². The quantitative estimate of drug-likeness (QED) is 0.431. The molecule has 1 heterocycles. The molecule has 0 radical (unpaired) electrons. The van der Waals surface area contributed by atoms with Crippen LogP contribution in [-0.2, 0) is 16.1 Å². The molecule has 0 aliphatic rings. The minimum absolute atomic E-state index is 0.0867. The Morgan fingerprint density at radius 1 is 1.48 bits per heavy atom. The van der Waals surface area contributed by atoms with Crippen molar-refractivity contribution >= 4 is 40.2 Å². The summed E-state index contributed by atoms with van der Waals surface area (Å²) in [6.07, 6.45) is 0.681. The van der Waals surface area contributed by atoms with Gasteiger partial charge in [-0.15, -0.1) is 0 Å². The monoisotopic (exact) mass is 383 g/mol. The SMILES string of the molecule is CCNC(=O)[C@H](C)Sc1nc2cc(Cl)ccc2c(=O)n1CCCOC. The van der Waals surface area contributed by atoms with Crippen molar-refractivity contribution < 1.29 is 9.53 Å². The molecule has 136 valence electrons. The molecule has 0 fully saturated rings. The highest BCUT2D eigenvalue weighted by molar-refractivity contribution is 8.00. The molecule has 1 aromatic heterocycles. The summed E-state index contributed by atoms with van der Waals surface area (Å²) >= 11 is 7.29. The van der Waals surface area contributed by atoms with Gasteiger partial charge in [0.2, 0.25) is 5.91 Å². The van der Waals surface area contributed by atoms with Crippen LogP contribution in [0.15, 0.2) is 28.2 Å². The number of rotatable bonds is 8. The molecule has 2 aromatic rings. The maximum Gasteiger partial charge on any atom is 0.262 e. The summed E-state index contributed by atoms with van der Waals surface area (Å²) in [4.78, 5) is 29.5. The third kappa shape index (κ3) is 4.96. The number of nitrogens with one attached hydrogen (secondary N) is 1. The number of carbonyl (C=O) groups is 1. The van der Waals surface area contributed by atoms with E-state index < -0.39 is 0 Å². The predicted molar refractivity (Wildman–Crippen MR) is 102 cm³/mol. The Hall–Kier alpha value is -1.57. The lowest BCUT2D eigenvalue weighted by Crippen LogP contribution is -2.32. The highest BCUT2D eigenvalue weighted by atomic mass is 35.5. The molecule has 0 aliphatic heterocycles. The van der Waals surface area contributed by atoms with Crippen LogP contribution in [0.1, 0.15) is 20.3 Å². The molecule has 8 heteroatoms. The van der Waals surface area contributed by atoms with Gasteiger partial charge in [-0.3, -0.25) is 14.2 Å². The second-order valence-corrected chi connectivity index (χ2v) is 7.26. The van der Waals surface area contributed by atoms with E-state index in [4.69, 9.17) is 16.3 Å². The molecule has 0 aliphatic carbocycles. The Bertz CT molecular complexity index is 810. The van der Waals surface area contributed by atoms with E-state index in [1.54, 1.807) is 36.8 Å². The molecule has 0 saturated carbocycles. The second kappa shape index (κ2) is 9.22. The van der Waals surface area contributed by atoms with Gasteiger partial charge in [0, 0.05) is 31.8 Å². The van der Waals surface area contributed by atoms with Gasteiger partial charge in [-0.1, -0.05) is 23.4 Å². The number of amides is 1. The largest absolute Gasteiger partial charge is 0.385 e. The van der Waals surface area contributed by atoms with Crippen molar-refractivity contribution in [1.29, 1.82) is 0 Å². The van der Waals surface area contributed by atoms with Crippen molar-refractivity contribution in [1.82, 2.24) is 14.9 Å². The Morgan fingerprint density at radius 3 is 2.92 bits per heavy atom. The normalized spacial score (nSPS) is 12.3. The van der Waals surface area contributed by atoms with Crippen molar-refractivity contribution in [2.24, 2.45) is 0 Å². The van der Waals surface area contributed by atoms with E-state index in [2.05, 4.69) is 10.3 Å². The van der Waals surface area contributed by atoms with Crippen LogP contribution < -0.4 is 10.9 Å². The summed E-state index contributed by atoms with van der Waals surface area (Å²) in [6.45, 7) is 5.24. The zero-order chi connectivity index (χ0) is 18.4. The van der Waals surface area contributed by atoms with Crippen LogP contribution in [0.4, 0.5) is 0 Å². The average Bonchev–Trinajstić information content (AvgIpc) is 2.57. The number of aromatic nitrogens is 2. The molecule has 1 atom stereocenters. The lowest BCUT2D eigenvalue weighted by atomic mass is 10.2. The molecule has 0 bridgehead atoms. The molecule has 1 amide bonds. The molecule has 0 spiro atoms. The summed E-state index contributed by atoms with van der Waals surface area (Å²) < 4.78 is 6.68. The Balaban J connectivity index is 2.44. The number of hydrogen-bond acceptors (Lipinski definition) is 5. The number of hydrogen-bond donors (Lipinski definition) is 1. The number of halogens is 1. The summed E-state index contributed by atoms with van der Waals surface area (Å²) in [6, 6.07) is 5.02. The van der Waals surface area contributed by atoms with Gasteiger partial charge in [0.05, 0.1) is 16.2 Å². The van der Waals surface area contributed by atoms with E-state index in [9.17, 15) is 9.59 Å². The third-order valence-corrected chi connectivity index (χ3v) is 4.94. The van der Waals surface area contributed by atoms with E-state index in [0.29, 0.717) is 47.2 Å². The Morgan fingerprint density at radius 2 is 2.24 bits per heavy atom. The maximum atomic E-state index is 12.9. The Labute approximate surface area is 155 Å². The fourth-order valence-corrected chi connectivity index (χ4v) is 3.48. The smallest absolute Gasteiger partial charge is 0.262 e. The summed E-state index contributed by atoms with van der Waals surface area (Å²) in [5.74, 6) is -0.0867. The summed E-state index contributed by atoms with van der Waals surface area (Å²) in [7, 11) is 1.62. The molecule has 0 saturated heterocycles. The molecule has 0 unspecified atom stereocenters. The van der Waals surface area contributed by atoms with Gasteiger partial charge in [0.1, 0.15) is 0 Å².